The van der Waals surface area contributed by atoms with Gasteiger partial charge in [0, 0.05) is 5.41 Å². The van der Waals surface area contributed by atoms with Gasteiger partial charge in [-0.05, 0) is 13.8 Å². The minimum Gasteiger partial charge on any atom is -0.386 e. The van der Waals surface area contributed by atoms with E-state index >= 15 is 0 Å². The molecule has 0 aromatic heterocycles. The fourth-order valence-corrected chi connectivity index (χ4v) is 0.487. The van der Waals surface area contributed by atoms with Crippen LogP contribution >= 0.6 is 0 Å². The van der Waals surface area contributed by atoms with Crippen molar-refractivity contribution in [2.75, 3.05) is 0 Å². The number of aliphatic hydroxyl groups is 1. The van der Waals surface area contributed by atoms with Gasteiger partial charge in [-0.15, -0.1) is 6.58 Å². The van der Waals surface area contributed by atoms with Crippen molar-refractivity contribution in [1.29, 1.82) is 0 Å². The standard InChI is InChI=1S/C10H18O/c1-6-9(2,3)7-8-10(4,5)11/h6-8,11H,1H2,2-5H3/b8-7+. The Balaban J connectivity index is 4.24. The molecular formula is C10H18O. The van der Waals surface area contributed by atoms with E-state index in [1.807, 2.05) is 26.0 Å². The number of hydrogen-bond acceptors (Lipinski definition) is 1. The monoisotopic (exact) mass is 154 g/mol. The van der Waals surface area contributed by atoms with Crippen LogP contribution in [-0.2, 0) is 0 Å². The van der Waals surface area contributed by atoms with Crippen molar-refractivity contribution in [2.24, 2.45) is 5.41 Å². The van der Waals surface area contributed by atoms with Crippen LogP contribution in [-0.4, -0.2) is 10.7 Å². The van der Waals surface area contributed by atoms with Crippen molar-refractivity contribution >= 4 is 0 Å². The average molecular weight is 154 g/mol. The van der Waals surface area contributed by atoms with Crippen LogP contribution in [0.2, 0.25) is 0 Å². The molecule has 0 bridgehead atoms. The Morgan fingerprint density at radius 3 is 1.82 bits per heavy atom. The van der Waals surface area contributed by atoms with Crippen LogP contribution in [0.5, 0.6) is 0 Å². The van der Waals surface area contributed by atoms with Gasteiger partial charge in [0.05, 0.1) is 5.60 Å². The predicted molar refractivity (Wildman–Crippen MR) is 49.4 cm³/mol. The van der Waals surface area contributed by atoms with Gasteiger partial charge in [0.15, 0.2) is 0 Å². The largest absolute Gasteiger partial charge is 0.386 e. The van der Waals surface area contributed by atoms with Gasteiger partial charge in [-0.2, -0.15) is 0 Å². The van der Waals surface area contributed by atoms with E-state index in [0.717, 1.165) is 0 Å². The fourth-order valence-electron chi connectivity index (χ4n) is 0.487. The maximum absolute atomic E-state index is 9.36. The Bertz CT molecular complexity index is 158. The summed E-state index contributed by atoms with van der Waals surface area (Å²) in [6.45, 7) is 11.3. The van der Waals surface area contributed by atoms with Gasteiger partial charge in [0.25, 0.3) is 0 Å². The van der Waals surface area contributed by atoms with Gasteiger partial charge in [0.1, 0.15) is 0 Å². The molecule has 1 N–H and O–H groups in total. The zero-order valence-electron chi connectivity index (χ0n) is 7.89. The lowest BCUT2D eigenvalue weighted by Crippen LogP contribution is -2.15. The molecule has 0 saturated heterocycles. The van der Waals surface area contributed by atoms with Crippen molar-refractivity contribution in [1.82, 2.24) is 0 Å². The Morgan fingerprint density at radius 2 is 1.55 bits per heavy atom. The molecule has 64 valence electrons. The first-order valence-corrected chi connectivity index (χ1v) is 3.83. The van der Waals surface area contributed by atoms with Gasteiger partial charge in [-0.3, -0.25) is 0 Å². The molecule has 0 aliphatic carbocycles. The summed E-state index contributed by atoms with van der Waals surface area (Å²) in [5, 5.41) is 9.36. The van der Waals surface area contributed by atoms with Gasteiger partial charge in [-0.25, -0.2) is 0 Å². The van der Waals surface area contributed by atoms with Crippen LogP contribution in [0.15, 0.2) is 24.8 Å². The van der Waals surface area contributed by atoms with E-state index in [-0.39, 0.29) is 5.41 Å². The normalized spacial score (nSPS) is 13.9. The van der Waals surface area contributed by atoms with Crippen molar-refractivity contribution in [3.8, 4) is 0 Å². The highest BCUT2D eigenvalue weighted by molar-refractivity contribution is 5.08. The first-order chi connectivity index (χ1) is 4.77. The maximum atomic E-state index is 9.36. The molecule has 1 heteroatoms. The summed E-state index contributed by atoms with van der Waals surface area (Å²) in [7, 11) is 0. The lowest BCUT2D eigenvalue weighted by molar-refractivity contribution is 0.132. The minimum atomic E-state index is -0.722. The van der Waals surface area contributed by atoms with Crippen LogP contribution in [0.25, 0.3) is 0 Å². The molecule has 0 unspecified atom stereocenters. The third kappa shape index (κ3) is 5.86. The van der Waals surface area contributed by atoms with E-state index in [1.54, 1.807) is 19.9 Å². The Labute approximate surface area is 69.4 Å². The molecule has 0 heterocycles. The van der Waals surface area contributed by atoms with E-state index in [0.29, 0.717) is 0 Å². The van der Waals surface area contributed by atoms with Gasteiger partial charge in [0.2, 0.25) is 0 Å². The van der Waals surface area contributed by atoms with Crippen molar-refractivity contribution in [2.45, 2.75) is 33.3 Å². The van der Waals surface area contributed by atoms with Crippen molar-refractivity contribution in [3.05, 3.63) is 24.8 Å². The third-order valence-corrected chi connectivity index (χ3v) is 1.45. The summed E-state index contributed by atoms with van der Waals surface area (Å²) in [4.78, 5) is 0. The first kappa shape index (κ1) is 10.4. The van der Waals surface area contributed by atoms with Crippen LogP contribution < -0.4 is 0 Å². The summed E-state index contributed by atoms with van der Waals surface area (Å²) in [6, 6.07) is 0. The van der Waals surface area contributed by atoms with E-state index in [1.165, 1.54) is 0 Å². The van der Waals surface area contributed by atoms with E-state index in [2.05, 4.69) is 6.58 Å². The summed E-state index contributed by atoms with van der Waals surface area (Å²) in [5.41, 5.74) is -0.750. The van der Waals surface area contributed by atoms with E-state index < -0.39 is 5.60 Å². The number of rotatable bonds is 3. The predicted octanol–water partition coefficient (Wildman–Crippen LogP) is 2.53. The van der Waals surface area contributed by atoms with E-state index in [9.17, 15) is 5.11 Å². The zero-order valence-corrected chi connectivity index (χ0v) is 7.89. The van der Waals surface area contributed by atoms with Gasteiger partial charge in [-0.1, -0.05) is 32.1 Å². The summed E-state index contributed by atoms with van der Waals surface area (Å²) >= 11 is 0. The van der Waals surface area contributed by atoms with Crippen LogP contribution in [0.4, 0.5) is 0 Å². The average Bonchev–Trinajstić information content (AvgIpc) is 1.83. The topological polar surface area (TPSA) is 20.2 Å². The lowest BCUT2D eigenvalue weighted by atomic mass is 9.91. The quantitative estimate of drug-likeness (QED) is 0.619. The minimum absolute atomic E-state index is 0.0278. The highest BCUT2D eigenvalue weighted by Crippen LogP contribution is 2.19. The molecule has 11 heavy (non-hydrogen) atoms. The molecule has 0 atom stereocenters. The van der Waals surface area contributed by atoms with Crippen LogP contribution in [0, 0.1) is 5.41 Å². The molecule has 0 aliphatic heterocycles. The molecule has 0 amide bonds. The first-order valence-electron chi connectivity index (χ1n) is 3.83. The molecule has 0 aliphatic rings. The van der Waals surface area contributed by atoms with E-state index in [4.69, 9.17) is 0 Å². The highest BCUT2D eigenvalue weighted by atomic mass is 16.3. The second kappa shape index (κ2) is 3.22. The third-order valence-electron chi connectivity index (χ3n) is 1.45. The summed E-state index contributed by atoms with van der Waals surface area (Å²) < 4.78 is 0. The van der Waals surface area contributed by atoms with Crippen molar-refractivity contribution in [3.63, 3.8) is 0 Å². The molecule has 0 spiro atoms. The molecule has 0 saturated carbocycles. The fraction of sp³-hybridized carbons (Fsp3) is 0.600. The molecule has 0 aromatic carbocycles. The number of allylic oxidation sites excluding steroid dienone is 2. The van der Waals surface area contributed by atoms with Gasteiger partial charge < -0.3 is 5.11 Å². The second-order valence-electron chi connectivity index (χ2n) is 4.01. The Morgan fingerprint density at radius 1 is 1.09 bits per heavy atom. The Hall–Kier alpha value is -0.560. The highest BCUT2D eigenvalue weighted by Gasteiger charge is 2.11. The zero-order chi connectivity index (χ0) is 9.12. The SMILES string of the molecule is C=CC(C)(C)/C=C/C(C)(C)O. The summed E-state index contributed by atoms with van der Waals surface area (Å²) in [6.07, 6.45) is 5.60. The molecular weight excluding hydrogens is 136 g/mol. The smallest absolute Gasteiger partial charge is 0.0771 e. The molecule has 0 rings (SSSR count). The maximum Gasteiger partial charge on any atom is 0.0771 e. The Kier molecular flexibility index (Phi) is 3.06. The molecule has 0 aromatic rings. The molecule has 1 nitrogen and oxygen atoms in total. The number of hydrogen-bond donors (Lipinski definition) is 1. The van der Waals surface area contributed by atoms with Crippen molar-refractivity contribution < 1.29 is 5.11 Å². The lowest BCUT2D eigenvalue weighted by Gasteiger charge is -2.17. The van der Waals surface area contributed by atoms with Crippen LogP contribution in [0.3, 0.4) is 0 Å². The molecule has 0 radical (unpaired) electrons. The van der Waals surface area contributed by atoms with Crippen LogP contribution in [0.1, 0.15) is 27.7 Å². The molecule has 0 fully saturated rings. The van der Waals surface area contributed by atoms with Gasteiger partial charge >= 0.3 is 0 Å². The second-order valence-corrected chi connectivity index (χ2v) is 4.01. The summed E-state index contributed by atoms with van der Waals surface area (Å²) in [5.74, 6) is 0.